The molecule has 0 aliphatic carbocycles. The fourth-order valence-electron chi connectivity index (χ4n) is 2.19. The SMILES string of the molecule is CN(C)Cc1ccc(NCc2ccccc2)cc1C(N)=O. The zero-order valence-electron chi connectivity index (χ0n) is 12.5. The van der Waals surface area contributed by atoms with Crippen LogP contribution in [0.25, 0.3) is 0 Å². The zero-order valence-corrected chi connectivity index (χ0v) is 12.5. The maximum atomic E-state index is 11.6. The van der Waals surface area contributed by atoms with Crippen LogP contribution in [-0.4, -0.2) is 24.9 Å². The topological polar surface area (TPSA) is 58.4 Å². The Labute approximate surface area is 125 Å². The number of hydrogen-bond acceptors (Lipinski definition) is 3. The molecule has 2 aromatic rings. The van der Waals surface area contributed by atoms with Gasteiger partial charge < -0.3 is 16.0 Å². The second-order valence-electron chi connectivity index (χ2n) is 5.31. The van der Waals surface area contributed by atoms with E-state index >= 15 is 0 Å². The van der Waals surface area contributed by atoms with E-state index in [1.54, 1.807) is 0 Å². The molecule has 4 nitrogen and oxygen atoms in total. The number of nitrogens with zero attached hydrogens (tertiary/aromatic N) is 1. The summed E-state index contributed by atoms with van der Waals surface area (Å²) < 4.78 is 0. The molecule has 0 radical (unpaired) electrons. The van der Waals surface area contributed by atoms with Crippen LogP contribution < -0.4 is 11.1 Å². The summed E-state index contributed by atoms with van der Waals surface area (Å²) in [5.41, 5.74) is 9.08. The summed E-state index contributed by atoms with van der Waals surface area (Å²) in [6.45, 7) is 1.41. The van der Waals surface area contributed by atoms with Crippen molar-refractivity contribution in [2.75, 3.05) is 19.4 Å². The number of amides is 1. The van der Waals surface area contributed by atoms with Crippen LogP contribution in [0.5, 0.6) is 0 Å². The molecule has 0 atom stereocenters. The number of anilines is 1. The third kappa shape index (κ3) is 4.33. The lowest BCUT2D eigenvalue weighted by Crippen LogP contribution is -2.18. The molecule has 0 spiro atoms. The van der Waals surface area contributed by atoms with Crippen molar-refractivity contribution in [1.82, 2.24) is 4.90 Å². The molecular weight excluding hydrogens is 262 g/mol. The van der Waals surface area contributed by atoms with Gasteiger partial charge in [-0.1, -0.05) is 36.4 Å². The molecule has 0 unspecified atom stereocenters. The third-order valence-corrected chi connectivity index (χ3v) is 3.20. The van der Waals surface area contributed by atoms with Gasteiger partial charge in [-0.05, 0) is 37.4 Å². The first-order chi connectivity index (χ1) is 10.1. The Kier molecular flexibility index (Phi) is 4.95. The van der Waals surface area contributed by atoms with E-state index in [2.05, 4.69) is 17.4 Å². The number of carbonyl (C=O) groups excluding carboxylic acids is 1. The summed E-state index contributed by atoms with van der Waals surface area (Å²) in [7, 11) is 3.93. The number of nitrogens with one attached hydrogen (secondary N) is 1. The summed E-state index contributed by atoms with van der Waals surface area (Å²) in [6, 6.07) is 15.9. The first-order valence-corrected chi connectivity index (χ1v) is 6.91. The molecule has 21 heavy (non-hydrogen) atoms. The molecule has 110 valence electrons. The quantitative estimate of drug-likeness (QED) is 0.856. The largest absolute Gasteiger partial charge is 0.381 e. The lowest BCUT2D eigenvalue weighted by molar-refractivity contribution is 0.0999. The minimum absolute atomic E-state index is 0.393. The van der Waals surface area contributed by atoms with E-state index in [0.29, 0.717) is 18.7 Å². The average Bonchev–Trinajstić information content (AvgIpc) is 2.46. The lowest BCUT2D eigenvalue weighted by Gasteiger charge is -2.14. The third-order valence-electron chi connectivity index (χ3n) is 3.20. The van der Waals surface area contributed by atoms with Gasteiger partial charge in [0.25, 0.3) is 0 Å². The first-order valence-electron chi connectivity index (χ1n) is 6.91. The number of rotatable bonds is 6. The summed E-state index contributed by atoms with van der Waals surface area (Å²) in [5, 5.41) is 3.32. The molecule has 0 saturated heterocycles. The van der Waals surface area contributed by atoms with E-state index in [-0.39, 0.29) is 0 Å². The van der Waals surface area contributed by atoms with E-state index in [1.807, 2.05) is 55.4 Å². The molecule has 2 rings (SSSR count). The van der Waals surface area contributed by atoms with Crippen LogP contribution in [0.4, 0.5) is 5.69 Å². The average molecular weight is 283 g/mol. The normalized spacial score (nSPS) is 10.6. The second-order valence-corrected chi connectivity index (χ2v) is 5.31. The van der Waals surface area contributed by atoms with Gasteiger partial charge >= 0.3 is 0 Å². The molecular formula is C17H21N3O. The number of primary amides is 1. The Morgan fingerprint density at radius 2 is 1.86 bits per heavy atom. The van der Waals surface area contributed by atoms with E-state index in [4.69, 9.17) is 5.73 Å². The molecule has 1 amide bonds. The van der Waals surface area contributed by atoms with Crippen molar-refractivity contribution < 1.29 is 4.79 Å². The van der Waals surface area contributed by atoms with Crippen molar-refractivity contribution in [3.05, 3.63) is 65.2 Å². The minimum Gasteiger partial charge on any atom is -0.381 e. The Bertz CT molecular complexity index is 609. The Hall–Kier alpha value is -2.33. The highest BCUT2D eigenvalue weighted by Crippen LogP contribution is 2.17. The predicted octanol–water partition coefficient (Wildman–Crippen LogP) is 2.46. The van der Waals surface area contributed by atoms with Gasteiger partial charge in [-0.3, -0.25) is 4.79 Å². The highest BCUT2D eigenvalue weighted by molar-refractivity contribution is 5.95. The van der Waals surface area contributed by atoms with E-state index in [9.17, 15) is 4.79 Å². The number of carbonyl (C=O) groups is 1. The fourth-order valence-corrected chi connectivity index (χ4v) is 2.19. The van der Waals surface area contributed by atoms with Crippen molar-refractivity contribution in [2.24, 2.45) is 5.73 Å². The highest BCUT2D eigenvalue weighted by atomic mass is 16.1. The molecule has 0 aliphatic rings. The number of hydrogen-bond donors (Lipinski definition) is 2. The first kappa shape index (κ1) is 15.1. The van der Waals surface area contributed by atoms with Crippen LogP contribution in [0, 0.1) is 0 Å². The van der Waals surface area contributed by atoms with Crippen LogP contribution >= 0.6 is 0 Å². The van der Waals surface area contributed by atoms with Gasteiger partial charge in [0.05, 0.1) is 0 Å². The number of nitrogens with two attached hydrogens (primary N) is 1. The standard InChI is InChI=1S/C17H21N3O/c1-20(2)12-14-8-9-15(10-16(14)17(18)21)19-11-13-6-4-3-5-7-13/h3-10,19H,11-12H2,1-2H3,(H2,18,21). The van der Waals surface area contributed by atoms with Crippen LogP contribution in [-0.2, 0) is 13.1 Å². The van der Waals surface area contributed by atoms with Crippen LogP contribution in [0.1, 0.15) is 21.5 Å². The maximum Gasteiger partial charge on any atom is 0.249 e. The molecule has 0 fully saturated rings. The van der Waals surface area contributed by atoms with Gasteiger partial charge in [-0.25, -0.2) is 0 Å². The van der Waals surface area contributed by atoms with Crippen molar-refractivity contribution in [3.63, 3.8) is 0 Å². The van der Waals surface area contributed by atoms with Crippen molar-refractivity contribution >= 4 is 11.6 Å². The molecule has 0 aromatic heterocycles. The smallest absolute Gasteiger partial charge is 0.249 e. The summed E-state index contributed by atoms with van der Waals surface area (Å²) >= 11 is 0. The molecule has 0 heterocycles. The maximum absolute atomic E-state index is 11.6. The molecule has 0 saturated carbocycles. The monoisotopic (exact) mass is 283 g/mol. The van der Waals surface area contributed by atoms with Gasteiger partial charge in [0.2, 0.25) is 5.91 Å². The van der Waals surface area contributed by atoms with Gasteiger partial charge in [0.15, 0.2) is 0 Å². The van der Waals surface area contributed by atoms with Gasteiger partial charge in [0.1, 0.15) is 0 Å². The van der Waals surface area contributed by atoms with E-state index in [1.165, 1.54) is 5.56 Å². The highest BCUT2D eigenvalue weighted by Gasteiger charge is 2.10. The lowest BCUT2D eigenvalue weighted by atomic mass is 10.1. The molecule has 0 aliphatic heterocycles. The number of benzene rings is 2. The molecule has 2 aromatic carbocycles. The van der Waals surface area contributed by atoms with Crippen LogP contribution in [0.3, 0.4) is 0 Å². The van der Waals surface area contributed by atoms with E-state index in [0.717, 1.165) is 11.3 Å². The second kappa shape index (κ2) is 6.90. The Morgan fingerprint density at radius 1 is 1.14 bits per heavy atom. The van der Waals surface area contributed by atoms with Crippen molar-refractivity contribution in [1.29, 1.82) is 0 Å². The molecule has 4 heteroatoms. The van der Waals surface area contributed by atoms with E-state index < -0.39 is 5.91 Å². The van der Waals surface area contributed by atoms with Crippen LogP contribution in [0.2, 0.25) is 0 Å². The summed E-state index contributed by atoms with van der Waals surface area (Å²) in [5.74, 6) is -0.393. The van der Waals surface area contributed by atoms with Crippen LogP contribution in [0.15, 0.2) is 48.5 Å². The fraction of sp³-hybridized carbons (Fsp3) is 0.235. The molecule has 3 N–H and O–H groups in total. The van der Waals surface area contributed by atoms with Gasteiger partial charge in [0, 0.05) is 24.3 Å². The van der Waals surface area contributed by atoms with Crippen molar-refractivity contribution in [3.8, 4) is 0 Å². The Morgan fingerprint density at radius 3 is 2.48 bits per heavy atom. The summed E-state index contributed by atoms with van der Waals surface area (Å²) in [4.78, 5) is 13.6. The zero-order chi connectivity index (χ0) is 15.2. The predicted molar refractivity (Wildman–Crippen MR) is 86.1 cm³/mol. The molecule has 0 bridgehead atoms. The van der Waals surface area contributed by atoms with Gasteiger partial charge in [-0.15, -0.1) is 0 Å². The summed E-state index contributed by atoms with van der Waals surface area (Å²) in [6.07, 6.45) is 0. The van der Waals surface area contributed by atoms with Crippen molar-refractivity contribution in [2.45, 2.75) is 13.1 Å². The van der Waals surface area contributed by atoms with Gasteiger partial charge in [-0.2, -0.15) is 0 Å². The Balaban J connectivity index is 2.14. The minimum atomic E-state index is -0.393.